The van der Waals surface area contributed by atoms with Gasteiger partial charge in [-0.05, 0) is 32.7 Å². The number of aliphatic hydroxyl groups is 1. The van der Waals surface area contributed by atoms with Gasteiger partial charge in [0.05, 0.1) is 12.1 Å². The molecule has 0 radical (unpaired) electrons. The number of aliphatic hydroxyl groups excluding tert-OH is 1. The van der Waals surface area contributed by atoms with Gasteiger partial charge in [0.25, 0.3) is 10.0 Å². The third-order valence-corrected chi connectivity index (χ3v) is 7.18. The lowest BCUT2D eigenvalue weighted by atomic mass is 10.0. The molecule has 2 aliphatic rings. The fourth-order valence-electron chi connectivity index (χ4n) is 3.43. The summed E-state index contributed by atoms with van der Waals surface area (Å²) in [5.74, 6) is -1.58. The molecule has 0 aromatic rings. The van der Waals surface area contributed by atoms with Gasteiger partial charge in [0.2, 0.25) is 11.8 Å². The number of sulfonamides is 1. The largest absolute Gasteiger partial charge is 0.475 e. The Hall–Kier alpha value is -1.85. The van der Waals surface area contributed by atoms with Crippen LogP contribution in [0.25, 0.3) is 0 Å². The van der Waals surface area contributed by atoms with Gasteiger partial charge in [-0.2, -0.15) is 8.42 Å². The van der Waals surface area contributed by atoms with Crippen LogP contribution in [0.5, 0.6) is 0 Å². The molecule has 1 saturated heterocycles. The number of ether oxygens (including phenoxy) is 1. The highest BCUT2D eigenvalue weighted by Gasteiger charge is 2.44. The maximum atomic E-state index is 13.4. The normalized spacial score (nSPS) is 24.5. The van der Waals surface area contributed by atoms with Crippen molar-refractivity contribution in [3.8, 4) is 0 Å². The van der Waals surface area contributed by atoms with E-state index in [1.807, 2.05) is 0 Å². The molecule has 2 aliphatic heterocycles. The Morgan fingerprint density at radius 1 is 1.46 bits per heavy atom. The number of nitrogens with two attached hydrogens (primary N) is 1. The SMILES string of the molecule is CC1=C(S(=O)(=O)N(C(=O)CCC(C)C(N)=O)C2CCCNC[C@@H]2O)N(C)CO1. The third-order valence-electron chi connectivity index (χ3n) is 5.10. The molecule has 3 atom stereocenters. The summed E-state index contributed by atoms with van der Waals surface area (Å²) in [7, 11) is -2.69. The van der Waals surface area contributed by atoms with Crippen molar-refractivity contribution in [2.75, 3.05) is 26.9 Å². The van der Waals surface area contributed by atoms with Gasteiger partial charge >= 0.3 is 0 Å². The van der Waals surface area contributed by atoms with Gasteiger partial charge in [0.1, 0.15) is 5.76 Å². The minimum absolute atomic E-state index is 0.0654. The molecule has 0 aromatic heterocycles. The predicted molar refractivity (Wildman–Crippen MR) is 102 cm³/mol. The van der Waals surface area contributed by atoms with Crippen LogP contribution in [0, 0.1) is 5.92 Å². The van der Waals surface area contributed by atoms with Crippen LogP contribution >= 0.6 is 0 Å². The zero-order valence-corrected chi connectivity index (χ0v) is 17.4. The van der Waals surface area contributed by atoms with Crippen LogP contribution < -0.4 is 11.1 Å². The van der Waals surface area contributed by atoms with Gasteiger partial charge in [0.15, 0.2) is 11.8 Å². The number of nitrogens with one attached hydrogen (secondary N) is 1. The Balaban J connectivity index is 2.39. The number of β-amino-alcohol motifs (C(OH)–C–C–N with tert-alkyl or cyclic N) is 1. The Morgan fingerprint density at radius 2 is 2.14 bits per heavy atom. The van der Waals surface area contributed by atoms with Crippen LogP contribution in [-0.4, -0.2) is 73.6 Å². The van der Waals surface area contributed by atoms with E-state index in [9.17, 15) is 23.1 Å². The zero-order valence-electron chi connectivity index (χ0n) is 16.6. The average molecular weight is 419 g/mol. The Labute approximate surface area is 165 Å². The molecular weight excluding hydrogens is 388 g/mol. The van der Waals surface area contributed by atoms with E-state index in [4.69, 9.17) is 10.5 Å². The molecule has 2 rings (SSSR count). The van der Waals surface area contributed by atoms with Gasteiger partial charge < -0.3 is 25.8 Å². The summed E-state index contributed by atoms with van der Waals surface area (Å²) in [6.07, 6.45) is -0.129. The first-order valence-corrected chi connectivity index (χ1v) is 10.8. The number of primary amides is 1. The van der Waals surface area contributed by atoms with Crippen molar-refractivity contribution in [2.24, 2.45) is 11.7 Å². The molecule has 1 fully saturated rings. The van der Waals surface area contributed by atoms with Crippen LogP contribution in [0.1, 0.15) is 39.5 Å². The van der Waals surface area contributed by atoms with Crippen LogP contribution in [-0.2, 0) is 24.3 Å². The summed E-state index contributed by atoms with van der Waals surface area (Å²) in [5.41, 5.74) is 5.24. The summed E-state index contributed by atoms with van der Waals surface area (Å²) in [5, 5.41) is 13.5. The summed E-state index contributed by atoms with van der Waals surface area (Å²) in [6.45, 7) is 3.99. The number of hydrogen-bond donors (Lipinski definition) is 3. The van der Waals surface area contributed by atoms with E-state index in [0.29, 0.717) is 19.4 Å². The van der Waals surface area contributed by atoms with Crippen molar-refractivity contribution in [3.05, 3.63) is 10.8 Å². The van der Waals surface area contributed by atoms with Crippen LogP contribution in [0.4, 0.5) is 0 Å². The molecule has 4 N–H and O–H groups in total. The highest BCUT2D eigenvalue weighted by atomic mass is 32.2. The highest BCUT2D eigenvalue weighted by Crippen LogP contribution is 2.30. The maximum absolute atomic E-state index is 13.4. The van der Waals surface area contributed by atoms with E-state index in [1.54, 1.807) is 14.0 Å². The number of carbonyl (C=O) groups is 2. The lowest BCUT2D eigenvalue weighted by Crippen LogP contribution is -2.52. The topological polar surface area (TPSA) is 142 Å². The Bertz CT molecular complexity index is 738. The molecule has 0 spiro atoms. The first kappa shape index (κ1) is 22.4. The summed E-state index contributed by atoms with van der Waals surface area (Å²) in [6, 6.07) is -0.898. The van der Waals surface area contributed by atoms with Crippen molar-refractivity contribution >= 4 is 21.8 Å². The average Bonchev–Trinajstić information content (AvgIpc) is 2.82. The van der Waals surface area contributed by atoms with Crippen molar-refractivity contribution < 1.29 is 27.9 Å². The smallest absolute Gasteiger partial charge is 0.285 e. The fourth-order valence-corrected chi connectivity index (χ4v) is 5.45. The molecule has 0 saturated carbocycles. The second-order valence-electron chi connectivity index (χ2n) is 7.35. The second-order valence-corrected chi connectivity index (χ2v) is 9.08. The standard InChI is InChI=1S/C17H30N4O6S/c1-11(16(18)24)6-7-15(23)21(13-5-4-8-19-9-14(13)22)28(25,26)17-12(2)27-10-20(17)3/h11,13-14,19,22H,4-10H2,1-3H3,(H2,18,24)/t11?,13?,14-/m0/s1. The van der Waals surface area contributed by atoms with Crippen molar-refractivity contribution in [2.45, 2.75) is 51.7 Å². The van der Waals surface area contributed by atoms with E-state index in [1.165, 1.54) is 11.8 Å². The van der Waals surface area contributed by atoms with Crippen molar-refractivity contribution in [3.63, 3.8) is 0 Å². The molecule has 0 aromatic carbocycles. The van der Waals surface area contributed by atoms with Gasteiger partial charge in [-0.15, -0.1) is 0 Å². The van der Waals surface area contributed by atoms with Crippen LogP contribution in [0.2, 0.25) is 0 Å². The number of rotatable bonds is 7. The second kappa shape index (κ2) is 9.10. The number of amides is 2. The van der Waals surface area contributed by atoms with Crippen molar-refractivity contribution in [1.82, 2.24) is 14.5 Å². The first-order chi connectivity index (χ1) is 13.1. The number of carbonyl (C=O) groups excluding carboxylic acids is 2. The lowest BCUT2D eigenvalue weighted by molar-refractivity contribution is -0.130. The molecule has 2 amide bonds. The van der Waals surface area contributed by atoms with E-state index >= 15 is 0 Å². The Kier molecular flexibility index (Phi) is 7.29. The highest BCUT2D eigenvalue weighted by molar-refractivity contribution is 7.93. The molecule has 28 heavy (non-hydrogen) atoms. The molecule has 11 heteroatoms. The minimum Gasteiger partial charge on any atom is -0.475 e. The van der Waals surface area contributed by atoms with Gasteiger partial charge in [-0.3, -0.25) is 9.59 Å². The maximum Gasteiger partial charge on any atom is 0.285 e. The van der Waals surface area contributed by atoms with E-state index in [-0.39, 0.29) is 36.9 Å². The van der Waals surface area contributed by atoms with Gasteiger partial charge in [0, 0.05) is 25.9 Å². The fraction of sp³-hybridized carbons (Fsp3) is 0.765. The first-order valence-electron chi connectivity index (χ1n) is 9.37. The van der Waals surface area contributed by atoms with Crippen molar-refractivity contribution in [1.29, 1.82) is 0 Å². The quantitative estimate of drug-likeness (QED) is 0.491. The summed E-state index contributed by atoms with van der Waals surface area (Å²) in [4.78, 5) is 25.7. The predicted octanol–water partition coefficient (Wildman–Crippen LogP) is -0.732. The monoisotopic (exact) mass is 418 g/mol. The van der Waals surface area contributed by atoms with Gasteiger partial charge in [-0.1, -0.05) is 6.92 Å². The lowest BCUT2D eigenvalue weighted by Gasteiger charge is -2.34. The zero-order chi connectivity index (χ0) is 21.1. The van der Waals surface area contributed by atoms with Crippen LogP contribution in [0.3, 0.4) is 0 Å². The number of hydrogen-bond acceptors (Lipinski definition) is 8. The van der Waals surface area contributed by atoms with E-state index in [2.05, 4.69) is 5.32 Å². The van der Waals surface area contributed by atoms with E-state index in [0.717, 1.165) is 4.31 Å². The van der Waals surface area contributed by atoms with E-state index < -0.39 is 39.9 Å². The molecule has 160 valence electrons. The molecular formula is C17H30N4O6S. The van der Waals surface area contributed by atoms with Gasteiger partial charge in [-0.25, -0.2) is 4.31 Å². The summed E-state index contributed by atoms with van der Waals surface area (Å²) < 4.78 is 33.0. The minimum atomic E-state index is -4.25. The third kappa shape index (κ3) is 4.76. The molecule has 10 nitrogen and oxygen atoms in total. The molecule has 2 heterocycles. The number of nitrogens with zero attached hydrogens (tertiary/aromatic N) is 2. The molecule has 0 bridgehead atoms. The molecule has 2 unspecified atom stereocenters. The molecule has 0 aliphatic carbocycles. The Morgan fingerprint density at radius 3 is 2.71 bits per heavy atom. The summed E-state index contributed by atoms with van der Waals surface area (Å²) >= 11 is 0. The van der Waals surface area contributed by atoms with Crippen LogP contribution in [0.15, 0.2) is 10.8 Å². The number of allylic oxidation sites excluding steroid dienone is 1.